The van der Waals surface area contributed by atoms with E-state index in [-0.39, 0.29) is 36.4 Å². The molecule has 35 heavy (non-hydrogen) atoms. The molecule has 0 saturated heterocycles. The first-order valence-electron chi connectivity index (χ1n) is 11.0. The van der Waals surface area contributed by atoms with Gasteiger partial charge in [0.1, 0.15) is 35.0 Å². The molecule has 0 unspecified atom stereocenters. The number of nitrogens with one attached hydrogen (secondary N) is 1. The van der Waals surface area contributed by atoms with Crippen molar-refractivity contribution in [2.45, 2.75) is 38.7 Å². The van der Waals surface area contributed by atoms with Gasteiger partial charge in [-0.2, -0.15) is 18.7 Å². The molecule has 1 atom stereocenters. The molecule has 0 radical (unpaired) electrons. The minimum absolute atomic E-state index is 0.0108. The molecule has 3 N–H and O–H groups in total. The van der Waals surface area contributed by atoms with Gasteiger partial charge in [-0.3, -0.25) is 4.84 Å². The van der Waals surface area contributed by atoms with Crippen molar-refractivity contribution in [3.63, 3.8) is 0 Å². The lowest BCUT2D eigenvalue weighted by atomic mass is 10.1. The Morgan fingerprint density at radius 1 is 1.06 bits per heavy atom. The number of rotatable bonds is 9. The van der Waals surface area contributed by atoms with Gasteiger partial charge in [0, 0.05) is 10.9 Å². The van der Waals surface area contributed by atoms with Crippen LogP contribution in [0.1, 0.15) is 42.1 Å². The van der Waals surface area contributed by atoms with Crippen molar-refractivity contribution in [3.8, 4) is 17.2 Å². The molecule has 0 aliphatic heterocycles. The topological polar surface area (TPSA) is 95.4 Å². The maximum atomic E-state index is 13.2. The monoisotopic (exact) mass is 486 g/mol. The second kappa shape index (κ2) is 10.4. The summed E-state index contributed by atoms with van der Waals surface area (Å²) in [6, 6.07) is 15.3. The number of nitrogens with two attached hydrogens (primary N) is 1. The van der Waals surface area contributed by atoms with E-state index in [2.05, 4.69) is 15.4 Å². The van der Waals surface area contributed by atoms with Crippen molar-refractivity contribution in [1.82, 2.24) is 15.4 Å². The molecule has 0 saturated carbocycles. The van der Waals surface area contributed by atoms with Gasteiger partial charge in [-0.1, -0.05) is 37.3 Å². The molecule has 0 amide bonds. The molecule has 184 valence electrons. The minimum atomic E-state index is -4.58. The number of halogens is 3. The normalized spacial score (nSPS) is 12.7. The Morgan fingerprint density at radius 2 is 1.83 bits per heavy atom. The summed E-state index contributed by atoms with van der Waals surface area (Å²) in [6.45, 7) is 2.20. The van der Waals surface area contributed by atoms with E-state index in [4.69, 9.17) is 19.7 Å². The molecule has 2 heterocycles. The van der Waals surface area contributed by atoms with Gasteiger partial charge in [-0.05, 0) is 36.2 Å². The third kappa shape index (κ3) is 5.29. The average molecular weight is 486 g/mol. The maximum absolute atomic E-state index is 13.2. The highest BCUT2D eigenvalue weighted by Crippen LogP contribution is 2.37. The zero-order valence-electron chi connectivity index (χ0n) is 19.2. The summed E-state index contributed by atoms with van der Waals surface area (Å²) in [4.78, 5) is 14.0. The van der Waals surface area contributed by atoms with Crippen LogP contribution >= 0.6 is 0 Å². The third-order valence-corrected chi connectivity index (χ3v) is 5.57. The zero-order valence-corrected chi connectivity index (χ0v) is 19.2. The fourth-order valence-electron chi connectivity index (χ4n) is 3.75. The van der Waals surface area contributed by atoms with E-state index in [0.29, 0.717) is 22.4 Å². The number of nitrogens with zero attached hydrogens (tertiary/aromatic N) is 2. The summed E-state index contributed by atoms with van der Waals surface area (Å²) in [6.07, 6.45) is -3.78. The maximum Gasteiger partial charge on any atom is 0.433 e. The zero-order chi connectivity index (χ0) is 25.0. The lowest BCUT2D eigenvalue weighted by molar-refractivity contribution is -0.140. The largest absolute Gasteiger partial charge is 0.494 e. The Labute approximate surface area is 200 Å². The lowest BCUT2D eigenvalue weighted by Crippen LogP contribution is -2.21. The van der Waals surface area contributed by atoms with Crippen molar-refractivity contribution >= 4 is 10.9 Å². The second-order valence-corrected chi connectivity index (χ2v) is 7.78. The van der Waals surface area contributed by atoms with Crippen molar-refractivity contribution in [2.75, 3.05) is 7.11 Å². The molecule has 2 aromatic heterocycles. The highest BCUT2D eigenvalue weighted by atomic mass is 19.4. The van der Waals surface area contributed by atoms with Gasteiger partial charge >= 0.3 is 6.18 Å². The van der Waals surface area contributed by atoms with Gasteiger partial charge in [-0.15, -0.1) is 0 Å². The van der Waals surface area contributed by atoms with E-state index < -0.39 is 11.9 Å². The number of methoxy groups -OCH3 is 1. The van der Waals surface area contributed by atoms with E-state index in [9.17, 15) is 13.2 Å². The predicted molar refractivity (Wildman–Crippen MR) is 124 cm³/mol. The summed E-state index contributed by atoms with van der Waals surface area (Å²) in [5.41, 5.74) is 9.98. The first-order valence-corrected chi connectivity index (χ1v) is 11.0. The number of oxazole rings is 1. The summed E-state index contributed by atoms with van der Waals surface area (Å²) in [5.74, 6) is 0.825. The summed E-state index contributed by atoms with van der Waals surface area (Å²) in [5, 5.41) is 0.405. The van der Waals surface area contributed by atoms with Crippen LogP contribution in [-0.2, 0) is 24.2 Å². The predicted octanol–water partition coefficient (Wildman–Crippen LogP) is 5.55. The first kappa shape index (κ1) is 24.6. The van der Waals surface area contributed by atoms with E-state index in [1.165, 1.54) is 19.2 Å². The SMILES string of the molecule is CC[C@@H](NOCc1nc(-c2ccc(OC)c3nc(C(F)(F)F)ccc23)oc1CN)c1ccccc1. The number of benzene rings is 2. The number of pyridine rings is 1. The van der Waals surface area contributed by atoms with E-state index in [0.717, 1.165) is 18.1 Å². The number of hydrogen-bond donors (Lipinski definition) is 2. The summed E-state index contributed by atoms with van der Waals surface area (Å²) < 4.78 is 50.7. The molecular formula is C25H25F3N4O3. The van der Waals surface area contributed by atoms with Gasteiger partial charge in [0.2, 0.25) is 5.89 Å². The highest BCUT2D eigenvalue weighted by molar-refractivity contribution is 5.96. The number of ether oxygens (including phenoxy) is 1. The Balaban J connectivity index is 1.61. The number of hydroxylamine groups is 1. The van der Waals surface area contributed by atoms with E-state index in [1.54, 1.807) is 6.07 Å². The Morgan fingerprint density at radius 3 is 2.49 bits per heavy atom. The molecule has 2 aromatic carbocycles. The molecule has 0 fully saturated rings. The Bertz CT molecular complexity index is 1290. The van der Waals surface area contributed by atoms with Crippen LogP contribution in [0.5, 0.6) is 5.75 Å². The third-order valence-electron chi connectivity index (χ3n) is 5.57. The van der Waals surface area contributed by atoms with Crippen molar-refractivity contribution in [1.29, 1.82) is 0 Å². The fourth-order valence-corrected chi connectivity index (χ4v) is 3.75. The second-order valence-electron chi connectivity index (χ2n) is 7.78. The number of aromatic nitrogens is 2. The molecule has 0 aliphatic rings. The number of alkyl halides is 3. The molecular weight excluding hydrogens is 461 g/mol. The fraction of sp³-hybridized carbons (Fsp3) is 0.280. The molecule has 7 nitrogen and oxygen atoms in total. The van der Waals surface area contributed by atoms with Crippen molar-refractivity contribution in [3.05, 3.63) is 77.3 Å². The molecule has 0 spiro atoms. The molecule has 0 bridgehead atoms. The average Bonchev–Trinajstić information content (AvgIpc) is 3.28. The Kier molecular flexibility index (Phi) is 7.34. The van der Waals surface area contributed by atoms with Crippen LogP contribution in [0.4, 0.5) is 13.2 Å². The number of fused-ring (bicyclic) bond motifs is 1. The van der Waals surface area contributed by atoms with Crippen LogP contribution in [0.15, 0.2) is 59.0 Å². The van der Waals surface area contributed by atoms with Crippen molar-refractivity contribution in [2.24, 2.45) is 5.73 Å². The molecule has 10 heteroatoms. The van der Waals surface area contributed by atoms with Gasteiger partial charge in [0.05, 0.1) is 19.7 Å². The molecule has 4 rings (SSSR count). The standard InChI is InChI=1S/C25H25F3N4O3/c1-3-18(15-7-5-4-6-8-15)32-34-14-19-21(13-29)35-24(30-19)17-9-11-20(33-2)23-16(17)10-12-22(31-23)25(26,27)28/h4-12,18,32H,3,13-14,29H2,1-2H3/t18-/m1/s1. The lowest BCUT2D eigenvalue weighted by Gasteiger charge is -2.16. The van der Waals surface area contributed by atoms with Crippen LogP contribution in [0.25, 0.3) is 22.4 Å². The molecule has 0 aliphatic carbocycles. The van der Waals surface area contributed by atoms with Crippen molar-refractivity contribution < 1.29 is 27.2 Å². The molecule has 4 aromatic rings. The van der Waals surface area contributed by atoms with Crippen LogP contribution in [-0.4, -0.2) is 17.1 Å². The van der Waals surface area contributed by atoms with Crippen LogP contribution < -0.4 is 16.0 Å². The van der Waals surface area contributed by atoms with Gasteiger partial charge < -0.3 is 14.9 Å². The quantitative estimate of drug-likeness (QED) is 0.300. The smallest absolute Gasteiger partial charge is 0.433 e. The summed E-state index contributed by atoms with van der Waals surface area (Å²) in [7, 11) is 1.37. The van der Waals surface area contributed by atoms with E-state index >= 15 is 0 Å². The van der Waals surface area contributed by atoms with Gasteiger partial charge in [0.15, 0.2) is 0 Å². The van der Waals surface area contributed by atoms with Crippen LogP contribution in [0, 0.1) is 0 Å². The van der Waals surface area contributed by atoms with Gasteiger partial charge in [-0.25, -0.2) is 9.97 Å². The number of hydrogen-bond acceptors (Lipinski definition) is 7. The van der Waals surface area contributed by atoms with Gasteiger partial charge in [0.25, 0.3) is 0 Å². The first-order chi connectivity index (χ1) is 16.9. The highest BCUT2D eigenvalue weighted by Gasteiger charge is 2.33. The van der Waals surface area contributed by atoms with Crippen LogP contribution in [0.2, 0.25) is 0 Å². The minimum Gasteiger partial charge on any atom is -0.494 e. The Hall–Kier alpha value is -3.47. The van der Waals surface area contributed by atoms with Crippen LogP contribution in [0.3, 0.4) is 0 Å². The summed E-state index contributed by atoms with van der Waals surface area (Å²) >= 11 is 0. The van der Waals surface area contributed by atoms with E-state index in [1.807, 2.05) is 37.3 Å².